The van der Waals surface area contributed by atoms with Crippen LogP contribution in [0.25, 0.3) is 17.1 Å². The minimum atomic E-state index is -1.08. The summed E-state index contributed by atoms with van der Waals surface area (Å²) in [6.07, 6.45) is 9.58. The van der Waals surface area contributed by atoms with Crippen LogP contribution in [0, 0.1) is 20.2 Å². The summed E-state index contributed by atoms with van der Waals surface area (Å²) in [7, 11) is 3.65. The maximum atomic E-state index is 11.5. The van der Waals surface area contributed by atoms with Crippen LogP contribution in [0.3, 0.4) is 0 Å². The van der Waals surface area contributed by atoms with Crippen molar-refractivity contribution in [2.45, 2.75) is 57.9 Å². The standard InChI is InChI=1S/C31H36N6O8/c1-32-26-20-22(36(42)43)14-16-24(26)34(18-7-3-5-12-30(38)39)28(32)10-9-11-29-33(2)27-21-23(37(44)45)15-17-25(27)35(29)19-8-4-6-13-31(40)41/h9-11,14-17,20-21H,3-8,12-13,18-19H2,1-2H3,(H-,38,39,40,41). The number of hydrogen-bond donors (Lipinski definition) is 1. The third kappa shape index (κ3) is 7.63. The number of benzene rings is 2. The summed E-state index contributed by atoms with van der Waals surface area (Å²) in [5, 5.41) is 42.7. The van der Waals surface area contributed by atoms with Crippen molar-refractivity contribution in [1.29, 1.82) is 0 Å². The summed E-state index contributed by atoms with van der Waals surface area (Å²) < 4.78 is 3.92. The zero-order valence-corrected chi connectivity index (χ0v) is 25.3. The average Bonchev–Trinajstić information content (AvgIpc) is 3.41. The van der Waals surface area contributed by atoms with Gasteiger partial charge in [-0.2, -0.15) is 0 Å². The van der Waals surface area contributed by atoms with Gasteiger partial charge in [-0.05, 0) is 56.7 Å². The topological polar surface area (TPSA) is 179 Å². The van der Waals surface area contributed by atoms with Crippen LogP contribution in [0.15, 0.2) is 54.4 Å². The van der Waals surface area contributed by atoms with Gasteiger partial charge in [0.2, 0.25) is 0 Å². The molecule has 1 aliphatic heterocycles. The molecule has 0 atom stereocenters. The van der Waals surface area contributed by atoms with E-state index in [9.17, 15) is 34.9 Å². The van der Waals surface area contributed by atoms with E-state index in [1.165, 1.54) is 24.3 Å². The average molecular weight is 621 g/mol. The second kappa shape index (κ2) is 14.5. The molecule has 4 rings (SSSR count). The van der Waals surface area contributed by atoms with Gasteiger partial charge in [0.1, 0.15) is 5.82 Å². The van der Waals surface area contributed by atoms with Crippen molar-refractivity contribution in [3.05, 3.63) is 80.4 Å². The van der Waals surface area contributed by atoms with E-state index in [-0.39, 0.29) is 24.2 Å². The molecule has 1 aliphatic rings. The molecule has 14 nitrogen and oxygen atoms in total. The highest BCUT2D eigenvalue weighted by atomic mass is 16.6. The molecule has 0 unspecified atom stereocenters. The van der Waals surface area contributed by atoms with Crippen molar-refractivity contribution in [2.75, 3.05) is 23.4 Å². The van der Waals surface area contributed by atoms with Crippen LogP contribution in [0.4, 0.5) is 22.7 Å². The van der Waals surface area contributed by atoms with E-state index in [1.807, 2.05) is 46.4 Å². The number of aromatic nitrogens is 2. The summed E-state index contributed by atoms with van der Waals surface area (Å²) in [6, 6.07) is 9.42. The van der Waals surface area contributed by atoms with E-state index in [0.29, 0.717) is 56.4 Å². The molecule has 238 valence electrons. The maximum absolute atomic E-state index is 11.5. The van der Waals surface area contributed by atoms with Gasteiger partial charge in [0.15, 0.2) is 11.0 Å². The number of allylic oxidation sites excluding steroid dienone is 2. The maximum Gasteiger partial charge on any atom is 0.303 e. The molecule has 0 saturated heterocycles. The molecule has 2 heterocycles. The van der Waals surface area contributed by atoms with E-state index >= 15 is 0 Å². The number of unbranched alkanes of at least 4 members (excludes halogenated alkanes) is 4. The van der Waals surface area contributed by atoms with Crippen LogP contribution >= 0.6 is 0 Å². The molecule has 2 aromatic carbocycles. The fourth-order valence-electron chi connectivity index (χ4n) is 5.63. The third-order valence-corrected chi connectivity index (χ3v) is 7.91. The quantitative estimate of drug-likeness (QED) is 0.106. The molecule has 0 spiro atoms. The van der Waals surface area contributed by atoms with E-state index in [2.05, 4.69) is 4.90 Å². The SMILES string of the molecule is CN1C(=CC=Cc2n(C)c3cc([N+](=O)[O-])ccc3[n+]2CCCCCC(=O)[O-])N(CCCCCC(=O)O)c2ccc([N+](=O)[O-])cc21. The Kier molecular flexibility index (Phi) is 10.5. The molecule has 0 bridgehead atoms. The van der Waals surface area contributed by atoms with Crippen LogP contribution in [-0.4, -0.2) is 45.1 Å². The fraction of sp³-hybridized carbons (Fsp3) is 0.387. The molecular formula is C31H36N6O8. The lowest BCUT2D eigenvalue weighted by Crippen LogP contribution is -2.36. The van der Waals surface area contributed by atoms with Crippen LogP contribution in [-0.2, 0) is 23.2 Å². The van der Waals surface area contributed by atoms with Crippen molar-refractivity contribution in [3.63, 3.8) is 0 Å². The number of fused-ring (bicyclic) bond motifs is 2. The number of rotatable bonds is 16. The number of aryl methyl sites for hydroxylation is 2. The first-order chi connectivity index (χ1) is 21.5. The Bertz CT molecular complexity index is 1680. The Labute approximate surface area is 259 Å². The molecule has 1 aromatic heterocycles. The van der Waals surface area contributed by atoms with E-state index in [1.54, 1.807) is 12.1 Å². The lowest BCUT2D eigenvalue weighted by molar-refractivity contribution is -0.674. The Hall–Kier alpha value is -5.27. The summed E-state index contributed by atoms with van der Waals surface area (Å²) in [5.74, 6) is -0.365. The lowest BCUT2D eigenvalue weighted by atomic mass is 10.2. The second-order valence-electron chi connectivity index (χ2n) is 10.9. The van der Waals surface area contributed by atoms with Crippen LogP contribution in [0.1, 0.15) is 57.2 Å². The Balaban J connectivity index is 1.66. The number of non-ortho nitro benzene ring substituents is 2. The van der Waals surface area contributed by atoms with Crippen molar-refractivity contribution in [2.24, 2.45) is 7.05 Å². The predicted molar refractivity (Wildman–Crippen MR) is 165 cm³/mol. The van der Waals surface area contributed by atoms with Gasteiger partial charge in [-0.3, -0.25) is 25.0 Å². The van der Waals surface area contributed by atoms with Crippen LogP contribution < -0.4 is 19.5 Å². The molecule has 45 heavy (non-hydrogen) atoms. The summed E-state index contributed by atoms with van der Waals surface area (Å²) >= 11 is 0. The van der Waals surface area contributed by atoms with Crippen molar-refractivity contribution < 1.29 is 34.2 Å². The van der Waals surface area contributed by atoms with Gasteiger partial charge in [0.25, 0.3) is 17.2 Å². The number of anilines is 2. The zero-order chi connectivity index (χ0) is 32.7. The number of carboxylic acids is 2. The van der Waals surface area contributed by atoms with E-state index in [4.69, 9.17) is 5.11 Å². The first kappa shape index (κ1) is 32.6. The molecule has 1 N–H and O–H groups in total. The highest BCUT2D eigenvalue weighted by Gasteiger charge is 2.30. The van der Waals surface area contributed by atoms with Crippen molar-refractivity contribution in [3.8, 4) is 0 Å². The Morgan fingerprint density at radius 1 is 0.889 bits per heavy atom. The number of hydrogen-bond acceptors (Lipinski definition) is 9. The number of carbonyl (C=O) groups excluding carboxylic acids is 1. The largest absolute Gasteiger partial charge is 0.550 e. The lowest BCUT2D eigenvalue weighted by Gasteiger charge is -2.22. The molecular weight excluding hydrogens is 584 g/mol. The Morgan fingerprint density at radius 3 is 2.24 bits per heavy atom. The molecule has 14 heteroatoms. The van der Waals surface area contributed by atoms with Gasteiger partial charge < -0.3 is 24.8 Å². The predicted octanol–water partition coefficient (Wildman–Crippen LogP) is 4.05. The van der Waals surface area contributed by atoms with Gasteiger partial charge in [-0.25, -0.2) is 9.13 Å². The van der Waals surface area contributed by atoms with Crippen molar-refractivity contribution in [1.82, 2.24) is 4.57 Å². The van der Waals surface area contributed by atoms with Crippen LogP contribution in [0.5, 0.6) is 0 Å². The van der Waals surface area contributed by atoms with Gasteiger partial charge in [-0.15, -0.1) is 0 Å². The zero-order valence-electron chi connectivity index (χ0n) is 25.3. The van der Waals surface area contributed by atoms with Gasteiger partial charge >= 0.3 is 5.97 Å². The fourth-order valence-corrected chi connectivity index (χ4v) is 5.63. The van der Waals surface area contributed by atoms with Gasteiger partial charge in [-0.1, -0.05) is 12.5 Å². The number of nitro groups is 2. The highest BCUT2D eigenvalue weighted by molar-refractivity contribution is 5.84. The number of aliphatic carboxylic acids is 2. The van der Waals surface area contributed by atoms with Gasteiger partial charge in [0, 0.05) is 50.3 Å². The van der Waals surface area contributed by atoms with E-state index < -0.39 is 21.8 Å². The minimum absolute atomic E-state index is 0.0120. The number of nitro benzene ring substituents is 2. The molecule has 0 amide bonds. The summed E-state index contributed by atoms with van der Waals surface area (Å²) in [6.45, 7) is 1.15. The Morgan fingerprint density at radius 2 is 1.56 bits per heavy atom. The van der Waals surface area contributed by atoms with E-state index in [0.717, 1.165) is 29.3 Å². The second-order valence-corrected chi connectivity index (χ2v) is 10.9. The molecule has 0 saturated carbocycles. The molecule has 0 aliphatic carbocycles. The first-order valence-corrected chi connectivity index (χ1v) is 14.8. The number of carbonyl (C=O) groups is 2. The molecule has 3 aromatic rings. The molecule has 0 radical (unpaired) electrons. The van der Waals surface area contributed by atoms with Crippen LogP contribution in [0.2, 0.25) is 0 Å². The smallest absolute Gasteiger partial charge is 0.303 e. The monoisotopic (exact) mass is 620 g/mol. The minimum Gasteiger partial charge on any atom is -0.550 e. The number of carboxylic acid groups (broad SMARTS) is 2. The number of imidazole rings is 1. The highest BCUT2D eigenvalue weighted by Crippen LogP contribution is 2.42. The summed E-state index contributed by atoms with van der Waals surface area (Å²) in [4.78, 5) is 47.7. The first-order valence-electron chi connectivity index (χ1n) is 14.8. The molecule has 0 fully saturated rings. The number of nitrogens with zero attached hydrogens (tertiary/aromatic N) is 6. The summed E-state index contributed by atoms with van der Waals surface area (Å²) in [5.41, 5.74) is 2.91. The third-order valence-electron chi connectivity index (χ3n) is 7.91. The normalized spacial score (nSPS) is 13.7. The van der Waals surface area contributed by atoms with Crippen molar-refractivity contribution >= 4 is 51.8 Å². The van der Waals surface area contributed by atoms with Gasteiger partial charge in [0.05, 0.1) is 40.9 Å².